The molecule has 7 aromatic carbocycles. The van der Waals surface area contributed by atoms with E-state index in [1.165, 1.54) is 16.3 Å². The zero-order valence-electron chi connectivity index (χ0n) is 23.3. The SMILES string of the molecule is O=c1c2ccc(-c3cccc4ccccc34)cc2c2cc(-c3ccccc3)cc3c4cc(-c5ccccc5)ccc4n1c23. The lowest BCUT2D eigenvalue weighted by Gasteiger charge is -2.12. The second-order valence-electron chi connectivity index (χ2n) is 11.3. The third-order valence-corrected chi connectivity index (χ3v) is 8.92. The first-order chi connectivity index (χ1) is 21.2. The summed E-state index contributed by atoms with van der Waals surface area (Å²) in [5, 5.41) is 7.40. The average Bonchev–Trinajstić information content (AvgIpc) is 3.41. The first-order valence-corrected chi connectivity index (χ1v) is 14.6. The number of nitrogens with zero attached hydrogens (tertiary/aromatic N) is 1. The van der Waals surface area contributed by atoms with Crippen LogP contribution in [0.1, 0.15) is 0 Å². The first kappa shape index (κ1) is 23.9. The summed E-state index contributed by atoms with van der Waals surface area (Å²) in [5.74, 6) is 0. The van der Waals surface area contributed by atoms with Crippen molar-refractivity contribution in [3.05, 3.63) is 162 Å². The van der Waals surface area contributed by atoms with Crippen LogP contribution in [0.3, 0.4) is 0 Å². The van der Waals surface area contributed by atoms with E-state index < -0.39 is 0 Å². The molecule has 2 aromatic heterocycles. The van der Waals surface area contributed by atoms with Gasteiger partial charge in [0.25, 0.3) is 5.56 Å². The van der Waals surface area contributed by atoms with Crippen molar-refractivity contribution in [3.8, 4) is 33.4 Å². The fourth-order valence-corrected chi connectivity index (χ4v) is 6.89. The zero-order valence-corrected chi connectivity index (χ0v) is 23.3. The van der Waals surface area contributed by atoms with Crippen LogP contribution in [0.2, 0.25) is 0 Å². The van der Waals surface area contributed by atoms with Crippen LogP contribution in [0, 0.1) is 0 Å². The highest BCUT2D eigenvalue weighted by Gasteiger charge is 2.20. The molecule has 0 atom stereocenters. The Kier molecular flexibility index (Phi) is 5.08. The standard InChI is InChI=1S/C41H25NO/c43-41-34-20-18-30(33-17-9-15-28-14-7-8-16-32(28)33)23-35(34)37-24-31(27-12-5-2-6-13-27)25-38-36-22-29(26-10-3-1-4-11-26)19-21-39(36)42(41)40(37)38/h1-25H. The van der Waals surface area contributed by atoms with E-state index in [0.717, 1.165) is 65.8 Å². The van der Waals surface area contributed by atoms with Crippen LogP contribution in [0.4, 0.5) is 0 Å². The van der Waals surface area contributed by atoms with E-state index in [4.69, 9.17) is 0 Å². The van der Waals surface area contributed by atoms with Crippen molar-refractivity contribution in [1.29, 1.82) is 0 Å². The van der Waals surface area contributed by atoms with Gasteiger partial charge in [-0.3, -0.25) is 9.20 Å². The minimum atomic E-state index is 0.0203. The molecule has 9 rings (SSSR count). The van der Waals surface area contributed by atoms with E-state index >= 15 is 0 Å². The molecule has 0 aliphatic rings. The number of aromatic nitrogens is 1. The molecule has 0 radical (unpaired) electrons. The molecule has 200 valence electrons. The lowest BCUT2D eigenvalue weighted by atomic mass is 9.93. The van der Waals surface area contributed by atoms with Gasteiger partial charge in [-0.2, -0.15) is 0 Å². The molecule has 2 heterocycles. The first-order valence-electron chi connectivity index (χ1n) is 14.6. The molecular formula is C41H25NO. The molecule has 0 spiro atoms. The molecule has 0 aliphatic carbocycles. The van der Waals surface area contributed by atoms with Crippen molar-refractivity contribution in [1.82, 2.24) is 4.40 Å². The summed E-state index contributed by atoms with van der Waals surface area (Å²) in [6.07, 6.45) is 0. The van der Waals surface area contributed by atoms with Crippen molar-refractivity contribution < 1.29 is 0 Å². The van der Waals surface area contributed by atoms with Crippen LogP contribution < -0.4 is 5.56 Å². The van der Waals surface area contributed by atoms with E-state index in [0.29, 0.717) is 0 Å². The maximum Gasteiger partial charge on any atom is 0.263 e. The largest absolute Gasteiger partial charge is 0.275 e. The van der Waals surface area contributed by atoms with Gasteiger partial charge in [0.1, 0.15) is 0 Å². The van der Waals surface area contributed by atoms with Crippen LogP contribution in [0.25, 0.3) is 82.1 Å². The van der Waals surface area contributed by atoms with Gasteiger partial charge in [0.2, 0.25) is 0 Å². The second-order valence-corrected chi connectivity index (χ2v) is 11.3. The number of rotatable bonds is 3. The molecule has 0 unspecified atom stereocenters. The zero-order chi connectivity index (χ0) is 28.5. The van der Waals surface area contributed by atoms with Crippen molar-refractivity contribution in [2.24, 2.45) is 0 Å². The van der Waals surface area contributed by atoms with Crippen LogP contribution in [-0.2, 0) is 0 Å². The van der Waals surface area contributed by atoms with Gasteiger partial charge in [-0.1, -0.05) is 115 Å². The maximum atomic E-state index is 14.3. The van der Waals surface area contributed by atoms with Crippen LogP contribution in [-0.4, -0.2) is 4.40 Å². The highest BCUT2D eigenvalue weighted by atomic mass is 16.1. The summed E-state index contributed by atoms with van der Waals surface area (Å²) in [4.78, 5) is 14.3. The number of benzene rings is 7. The molecule has 0 saturated heterocycles. The minimum Gasteiger partial charge on any atom is -0.275 e. The Morgan fingerprint density at radius 2 is 0.977 bits per heavy atom. The molecule has 0 N–H and O–H groups in total. The van der Waals surface area contributed by atoms with Gasteiger partial charge >= 0.3 is 0 Å². The fraction of sp³-hybridized carbons (Fsp3) is 0. The summed E-state index contributed by atoms with van der Waals surface area (Å²) >= 11 is 0. The predicted octanol–water partition coefficient (Wildman–Crippen LogP) is 10.4. The molecule has 9 aromatic rings. The summed E-state index contributed by atoms with van der Waals surface area (Å²) in [5.41, 5.74) is 8.82. The number of hydrogen-bond donors (Lipinski definition) is 0. The Bertz CT molecular complexity index is 2560. The molecule has 0 fully saturated rings. The van der Waals surface area contributed by atoms with Crippen molar-refractivity contribution in [2.45, 2.75) is 0 Å². The number of hydrogen-bond acceptors (Lipinski definition) is 1. The highest BCUT2D eigenvalue weighted by molar-refractivity contribution is 6.22. The molecule has 2 heteroatoms. The average molecular weight is 548 g/mol. The Balaban J connectivity index is 1.43. The van der Waals surface area contributed by atoms with Gasteiger partial charge in [-0.25, -0.2) is 0 Å². The maximum absolute atomic E-state index is 14.3. The molecule has 0 saturated carbocycles. The van der Waals surface area contributed by atoms with Gasteiger partial charge in [-0.05, 0) is 85.9 Å². The van der Waals surface area contributed by atoms with Gasteiger partial charge in [0.15, 0.2) is 0 Å². The normalized spacial score (nSPS) is 11.8. The summed E-state index contributed by atoms with van der Waals surface area (Å²) in [6, 6.07) is 53.2. The fourth-order valence-electron chi connectivity index (χ4n) is 6.89. The summed E-state index contributed by atoms with van der Waals surface area (Å²) in [7, 11) is 0. The molecule has 0 aliphatic heterocycles. The third kappa shape index (κ3) is 3.57. The number of fused-ring (bicyclic) bond motifs is 6. The van der Waals surface area contributed by atoms with Gasteiger partial charge in [0.05, 0.1) is 11.0 Å². The second kappa shape index (κ2) is 9.14. The van der Waals surface area contributed by atoms with E-state index in [-0.39, 0.29) is 5.56 Å². The highest BCUT2D eigenvalue weighted by Crippen LogP contribution is 2.40. The van der Waals surface area contributed by atoms with Crippen molar-refractivity contribution in [2.75, 3.05) is 0 Å². The Morgan fingerprint density at radius 1 is 0.372 bits per heavy atom. The summed E-state index contributed by atoms with van der Waals surface area (Å²) in [6.45, 7) is 0. The molecule has 2 nitrogen and oxygen atoms in total. The lowest BCUT2D eigenvalue weighted by molar-refractivity contribution is 1.21. The number of pyridine rings is 1. The van der Waals surface area contributed by atoms with Crippen molar-refractivity contribution >= 4 is 48.7 Å². The third-order valence-electron chi connectivity index (χ3n) is 8.92. The molecule has 0 bridgehead atoms. The Morgan fingerprint density at radius 3 is 1.77 bits per heavy atom. The van der Waals surface area contributed by atoms with Gasteiger partial charge in [-0.15, -0.1) is 0 Å². The minimum absolute atomic E-state index is 0.0203. The smallest absolute Gasteiger partial charge is 0.263 e. The molecule has 0 amide bonds. The predicted molar refractivity (Wildman–Crippen MR) is 181 cm³/mol. The van der Waals surface area contributed by atoms with Crippen LogP contribution >= 0.6 is 0 Å². The monoisotopic (exact) mass is 547 g/mol. The Hall–Kier alpha value is -5.73. The van der Waals surface area contributed by atoms with Crippen molar-refractivity contribution in [3.63, 3.8) is 0 Å². The topological polar surface area (TPSA) is 21.5 Å². The van der Waals surface area contributed by atoms with Gasteiger partial charge < -0.3 is 0 Å². The summed E-state index contributed by atoms with van der Waals surface area (Å²) < 4.78 is 1.93. The quantitative estimate of drug-likeness (QED) is 0.202. The Labute approximate surface area is 248 Å². The van der Waals surface area contributed by atoms with E-state index in [9.17, 15) is 4.79 Å². The molecule has 43 heavy (non-hydrogen) atoms. The van der Waals surface area contributed by atoms with E-state index in [1.54, 1.807) is 0 Å². The van der Waals surface area contributed by atoms with E-state index in [1.807, 2.05) is 16.5 Å². The van der Waals surface area contributed by atoms with Crippen LogP contribution in [0.15, 0.2) is 156 Å². The lowest BCUT2D eigenvalue weighted by Crippen LogP contribution is -2.13. The van der Waals surface area contributed by atoms with Gasteiger partial charge in [0, 0.05) is 21.5 Å². The van der Waals surface area contributed by atoms with E-state index in [2.05, 4.69) is 140 Å². The van der Waals surface area contributed by atoms with Crippen LogP contribution in [0.5, 0.6) is 0 Å². The molecular weight excluding hydrogens is 522 g/mol.